The number of hydrogen-bond donors (Lipinski definition) is 1. The summed E-state index contributed by atoms with van der Waals surface area (Å²) in [6, 6.07) is 0. The normalized spacial score (nSPS) is 14.0. The molecule has 0 aromatic heterocycles. The van der Waals surface area contributed by atoms with Crippen molar-refractivity contribution in [2.45, 2.75) is 25.9 Å². The van der Waals surface area contributed by atoms with Crippen molar-refractivity contribution >= 4 is 0 Å². The van der Waals surface area contributed by atoms with Gasteiger partial charge in [-0.1, -0.05) is 18.2 Å². The molecular weight excluding hydrogens is 112 g/mol. The predicted molar refractivity (Wildman–Crippen MR) is 40.3 cm³/mol. The number of rotatable bonds is 4. The summed E-state index contributed by atoms with van der Waals surface area (Å²) in [5.74, 6) is 0. The van der Waals surface area contributed by atoms with E-state index in [0.717, 1.165) is 12.8 Å². The molecule has 0 aliphatic heterocycles. The van der Waals surface area contributed by atoms with Crippen molar-refractivity contribution in [3.8, 4) is 0 Å². The third kappa shape index (κ3) is 5.31. The second-order valence-corrected chi connectivity index (χ2v) is 1.95. The molecule has 0 saturated heterocycles. The zero-order valence-electron chi connectivity index (χ0n) is 5.88. The first-order chi connectivity index (χ1) is 4.31. The molecule has 0 amide bonds. The van der Waals surface area contributed by atoms with Crippen LogP contribution in [0.25, 0.3) is 0 Å². The lowest BCUT2D eigenvalue weighted by molar-refractivity contribution is 0.214. The molecule has 0 aromatic rings. The van der Waals surface area contributed by atoms with Crippen LogP contribution in [-0.4, -0.2) is 11.2 Å². The van der Waals surface area contributed by atoms with Gasteiger partial charge in [0.15, 0.2) is 0 Å². The van der Waals surface area contributed by atoms with E-state index in [2.05, 4.69) is 6.58 Å². The molecule has 1 nitrogen and oxygen atoms in total. The van der Waals surface area contributed by atoms with Gasteiger partial charge in [0, 0.05) is 0 Å². The van der Waals surface area contributed by atoms with Gasteiger partial charge in [-0.25, -0.2) is 0 Å². The highest BCUT2D eigenvalue weighted by Crippen LogP contribution is 1.97. The molecule has 1 heteroatoms. The summed E-state index contributed by atoms with van der Waals surface area (Å²) >= 11 is 0. The smallest absolute Gasteiger partial charge is 0.0721 e. The fraction of sp³-hybridized carbons (Fsp3) is 0.500. The van der Waals surface area contributed by atoms with E-state index in [9.17, 15) is 0 Å². The summed E-state index contributed by atoms with van der Waals surface area (Å²) in [6.07, 6.45) is 6.96. The van der Waals surface area contributed by atoms with Crippen molar-refractivity contribution in [1.29, 1.82) is 0 Å². The Morgan fingerprint density at radius 3 is 2.78 bits per heavy atom. The summed E-state index contributed by atoms with van der Waals surface area (Å²) in [4.78, 5) is 0. The van der Waals surface area contributed by atoms with Gasteiger partial charge >= 0.3 is 0 Å². The molecule has 0 aliphatic carbocycles. The molecule has 0 rings (SSSR count). The summed E-state index contributed by atoms with van der Waals surface area (Å²) in [5, 5.41) is 8.93. The molecule has 0 saturated carbocycles. The van der Waals surface area contributed by atoms with Gasteiger partial charge in [0.25, 0.3) is 0 Å². The van der Waals surface area contributed by atoms with E-state index in [1.54, 1.807) is 6.08 Å². The Morgan fingerprint density at radius 2 is 2.33 bits per heavy atom. The number of aliphatic hydroxyl groups excluding tert-OH is 1. The Hall–Kier alpha value is -0.560. The Bertz CT molecular complexity index is 94.7. The van der Waals surface area contributed by atoms with Gasteiger partial charge in [-0.15, -0.1) is 6.58 Å². The minimum absolute atomic E-state index is 0.332. The summed E-state index contributed by atoms with van der Waals surface area (Å²) in [7, 11) is 0. The van der Waals surface area contributed by atoms with Crippen molar-refractivity contribution < 1.29 is 5.11 Å². The predicted octanol–water partition coefficient (Wildman–Crippen LogP) is 1.89. The number of aliphatic hydroxyl groups is 1. The van der Waals surface area contributed by atoms with Gasteiger partial charge in [-0.3, -0.25) is 0 Å². The van der Waals surface area contributed by atoms with E-state index >= 15 is 0 Å². The van der Waals surface area contributed by atoms with E-state index < -0.39 is 0 Å². The van der Waals surface area contributed by atoms with Crippen LogP contribution in [0.5, 0.6) is 0 Å². The molecule has 1 unspecified atom stereocenters. The topological polar surface area (TPSA) is 20.2 Å². The van der Waals surface area contributed by atoms with E-state index in [4.69, 9.17) is 5.11 Å². The van der Waals surface area contributed by atoms with Crippen molar-refractivity contribution in [2.75, 3.05) is 0 Å². The van der Waals surface area contributed by atoms with Crippen molar-refractivity contribution in [3.63, 3.8) is 0 Å². The molecule has 0 bridgehead atoms. The summed E-state index contributed by atoms with van der Waals surface area (Å²) < 4.78 is 0. The van der Waals surface area contributed by atoms with Crippen LogP contribution < -0.4 is 0 Å². The van der Waals surface area contributed by atoms with Crippen LogP contribution in [-0.2, 0) is 0 Å². The quantitative estimate of drug-likeness (QED) is 0.570. The second kappa shape index (κ2) is 5.57. The fourth-order valence-corrected chi connectivity index (χ4v) is 0.552. The molecule has 1 atom stereocenters. The first-order valence-electron chi connectivity index (χ1n) is 3.23. The molecule has 0 aliphatic rings. The van der Waals surface area contributed by atoms with Crippen molar-refractivity contribution in [3.05, 3.63) is 24.8 Å². The van der Waals surface area contributed by atoms with Crippen molar-refractivity contribution in [1.82, 2.24) is 0 Å². The molecule has 0 aromatic carbocycles. The van der Waals surface area contributed by atoms with Crippen LogP contribution in [0.4, 0.5) is 0 Å². The zero-order chi connectivity index (χ0) is 7.11. The molecule has 0 fully saturated rings. The molecule has 9 heavy (non-hydrogen) atoms. The minimum Gasteiger partial charge on any atom is -0.389 e. The van der Waals surface area contributed by atoms with Gasteiger partial charge in [-0.2, -0.15) is 0 Å². The van der Waals surface area contributed by atoms with Crippen LogP contribution in [0.2, 0.25) is 0 Å². The first kappa shape index (κ1) is 8.44. The molecule has 1 N–H and O–H groups in total. The van der Waals surface area contributed by atoms with Crippen LogP contribution in [0.1, 0.15) is 19.8 Å². The van der Waals surface area contributed by atoms with Gasteiger partial charge < -0.3 is 5.11 Å². The Labute approximate surface area is 56.7 Å². The van der Waals surface area contributed by atoms with Gasteiger partial charge in [0.1, 0.15) is 0 Å². The Morgan fingerprint density at radius 1 is 1.67 bits per heavy atom. The largest absolute Gasteiger partial charge is 0.389 e. The first-order valence-corrected chi connectivity index (χ1v) is 3.23. The Balaban J connectivity index is 3.16. The van der Waals surface area contributed by atoms with Gasteiger partial charge in [0.05, 0.1) is 6.10 Å². The van der Waals surface area contributed by atoms with Crippen LogP contribution in [0.15, 0.2) is 24.8 Å². The van der Waals surface area contributed by atoms with E-state index in [-0.39, 0.29) is 6.10 Å². The third-order valence-electron chi connectivity index (χ3n) is 1.14. The Kier molecular flexibility index (Phi) is 5.23. The highest BCUT2D eigenvalue weighted by molar-refractivity contribution is 4.83. The van der Waals surface area contributed by atoms with E-state index in [0.29, 0.717) is 0 Å². The lowest BCUT2D eigenvalue weighted by atomic mass is 10.2. The average molecular weight is 126 g/mol. The maximum Gasteiger partial charge on any atom is 0.0721 e. The zero-order valence-corrected chi connectivity index (χ0v) is 5.88. The van der Waals surface area contributed by atoms with Gasteiger partial charge in [-0.05, 0) is 19.8 Å². The maximum atomic E-state index is 8.93. The monoisotopic (exact) mass is 126 g/mol. The number of hydrogen-bond acceptors (Lipinski definition) is 1. The van der Waals surface area contributed by atoms with Crippen LogP contribution in [0, 0.1) is 0 Å². The van der Waals surface area contributed by atoms with E-state index in [1.165, 1.54) is 0 Å². The third-order valence-corrected chi connectivity index (χ3v) is 1.14. The van der Waals surface area contributed by atoms with Crippen molar-refractivity contribution in [2.24, 2.45) is 0 Å². The van der Waals surface area contributed by atoms with Crippen LogP contribution >= 0.6 is 0 Å². The van der Waals surface area contributed by atoms with Crippen LogP contribution in [0.3, 0.4) is 0 Å². The molecule has 0 spiro atoms. The van der Waals surface area contributed by atoms with Gasteiger partial charge in [0.2, 0.25) is 0 Å². The maximum absolute atomic E-state index is 8.93. The number of allylic oxidation sites excluding steroid dienone is 2. The molecule has 0 heterocycles. The second-order valence-electron chi connectivity index (χ2n) is 1.95. The lowest BCUT2D eigenvalue weighted by Gasteiger charge is -1.99. The SMILES string of the molecule is C=CC(O)CC/C=C\C. The van der Waals surface area contributed by atoms with E-state index in [1.807, 2.05) is 19.1 Å². The standard InChI is InChI=1S/C8H14O/c1-3-5-6-7-8(9)4-2/h3-5,8-9H,2,6-7H2,1H3/b5-3-. The average Bonchev–Trinajstić information content (AvgIpc) is 1.89. The minimum atomic E-state index is -0.332. The lowest BCUT2D eigenvalue weighted by Crippen LogP contribution is -1.98. The summed E-state index contributed by atoms with van der Waals surface area (Å²) in [6.45, 7) is 5.44. The molecule has 0 radical (unpaired) electrons. The summed E-state index contributed by atoms with van der Waals surface area (Å²) in [5.41, 5.74) is 0. The molecular formula is C8H14O. The highest BCUT2D eigenvalue weighted by Gasteiger charge is 1.92. The molecule has 52 valence electrons. The highest BCUT2D eigenvalue weighted by atomic mass is 16.3. The fourth-order valence-electron chi connectivity index (χ4n) is 0.552.